The van der Waals surface area contributed by atoms with Gasteiger partial charge in [0.2, 0.25) is 0 Å². The number of furan rings is 1. The smallest absolute Gasteiger partial charge is 0.289 e. The Balaban J connectivity index is 1.53. The van der Waals surface area contributed by atoms with Crippen LogP contribution in [0.15, 0.2) is 34.9 Å². The first-order chi connectivity index (χ1) is 9.72. The van der Waals surface area contributed by atoms with Crippen LogP contribution in [0.3, 0.4) is 0 Å². The summed E-state index contributed by atoms with van der Waals surface area (Å²) >= 11 is 1.85. The van der Waals surface area contributed by atoms with Crippen LogP contribution >= 0.6 is 11.3 Å². The normalized spacial score (nSPS) is 16.6. The van der Waals surface area contributed by atoms with E-state index in [-0.39, 0.29) is 5.91 Å². The van der Waals surface area contributed by atoms with E-state index in [0.717, 1.165) is 32.7 Å². The molecule has 0 radical (unpaired) electrons. The Bertz CT molecular complexity index is 568. The predicted molar refractivity (Wildman–Crippen MR) is 78.9 cm³/mol. The summed E-state index contributed by atoms with van der Waals surface area (Å²) < 4.78 is 5.17. The molecule has 3 rings (SSSR count). The fourth-order valence-corrected chi connectivity index (χ4v) is 3.39. The van der Waals surface area contributed by atoms with Crippen LogP contribution in [-0.4, -0.2) is 41.9 Å². The molecule has 1 saturated heterocycles. The lowest BCUT2D eigenvalue weighted by Crippen LogP contribution is -2.48. The number of hydrogen-bond donors (Lipinski definition) is 0. The summed E-state index contributed by atoms with van der Waals surface area (Å²) in [6, 6.07) is 7.84. The molecular weight excluding hydrogens is 272 g/mol. The van der Waals surface area contributed by atoms with Gasteiger partial charge < -0.3 is 9.32 Å². The van der Waals surface area contributed by atoms with E-state index in [4.69, 9.17) is 4.42 Å². The first-order valence-electron chi connectivity index (χ1n) is 6.83. The maximum Gasteiger partial charge on any atom is 0.289 e. The summed E-state index contributed by atoms with van der Waals surface area (Å²) in [4.78, 5) is 19.2. The zero-order valence-electron chi connectivity index (χ0n) is 11.5. The van der Waals surface area contributed by atoms with Crippen molar-refractivity contribution in [3.63, 3.8) is 0 Å². The minimum absolute atomic E-state index is 0.00150. The molecule has 1 amide bonds. The van der Waals surface area contributed by atoms with Crippen molar-refractivity contribution in [2.45, 2.75) is 13.5 Å². The molecule has 106 valence electrons. The number of thiophene rings is 1. The van der Waals surface area contributed by atoms with E-state index >= 15 is 0 Å². The standard InChI is InChI=1S/C15H18N2O2S/c1-12-4-5-13(20-12)11-16-6-8-17(9-7-16)15(18)14-3-2-10-19-14/h2-5,10H,6-9,11H2,1H3. The van der Waals surface area contributed by atoms with Gasteiger partial charge in [0, 0.05) is 42.5 Å². The third-order valence-corrected chi connectivity index (χ3v) is 4.55. The SMILES string of the molecule is Cc1ccc(CN2CCN(C(=O)c3ccco3)CC2)s1. The number of rotatable bonds is 3. The van der Waals surface area contributed by atoms with Crippen LogP contribution in [0.5, 0.6) is 0 Å². The lowest BCUT2D eigenvalue weighted by atomic mass is 10.2. The molecule has 0 saturated carbocycles. The lowest BCUT2D eigenvalue weighted by molar-refractivity contribution is 0.0599. The molecule has 0 unspecified atom stereocenters. The highest BCUT2D eigenvalue weighted by Gasteiger charge is 2.23. The Labute approximate surface area is 122 Å². The number of amides is 1. The van der Waals surface area contributed by atoms with E-state index in [0.29, 0.717) is 5.76 Å². The number of hydrogen-bond acceptors (Lipinski definition) is 4. The number of piperazine rings is 1. The topological polar surface area (TPSA) is 36.7 Å². The molecule has 0 aromatic carbocycles. The third-order valence-electron chi connectivity index (χ3n) is 3.57. The molecule has 2 aromatic rings. The van der Waals surface area contributed by atoms with Gasteiger partial charge >= 0.3 is 0 Å². The zero-order chi connectivity index (χ0) is 13.9. The Hall–Kier alpha value is -1.59. The first-order valence-corrected chi connectivity index (χ1v) is 7.64. The molecule has 1 fully saturated rings. The second-order valence-corrected chi connectivity index (χ2v) is 6.43. The van der Waals surface area contributed by atoms with Crippen molar-refractivity contribution in [1.82, 2.24) is 9.80 Å². The molecule has 0 aliphatic carbocycles. The van der Waals surface area contributed by atoms with Crippen molar-refractivity contribution >= 4 is 17.2 Å². The van der Waals surface area contributed by atoms with E-state index in [1.807, 2.05) is 16.2 Å². The van der Waals surface area contributed by atoms with Gasteiger partial charge in [-0.15, -0.1) is 11.3 Å². The second kappa shape index (κ2) is 5.81. The molecule has 3 heterocycles. The van der Waals surface area contributed by atoms with Gasteiger partial charge in [0.25, 0.3) is 5.91 Å². The van der Waals surface area contributed by atoms with Crippen molar-refractivity contribution in [3.05, 3.63) is 46.0 Å². The summed E-state index contributed by atoms with van der Waals surface area (Å²) in [6.45, 7) is 6.50. The van der Waals surface area contributed by atoms with Gasteiger partial charge in [-0.05, 0) is 31.2 Å². The van der Waals surface area contributed by atoms with Crippen LogP contribution in [0.2, 0.25) is 0 Å². The number of aryl methyl sites for hydroxylation is 1. The summed E-state index contributed by atoms with van der Waals surface area (Å²) in [6.07, 6.45) is 1.54. The van der Waals surface area contributed by atoms with Crippen LogP contribution in [0.4, 0.5) is 0 Å². The molecule has 0 N–H and O–H groups in total. The summed E-state index contributed by atoms with van der Waals surface area (Å²) in [7, 11) is 0. The van der Waals surface area contributed by atoms with Crippen molar-refractivity contribution < 1.29 is 9.21 Å². The molecule has 4 nitrogen and oxygen atoms in total. The summed E-state index contributed by atoms with van der Waals surface area (Å²) in [5, 5.41) is 0. The fraction of sp³-hybridized carbons (Fsp3) is 0.400. The highest BCUT2D eigenvalue weighted by atomic mass is 32.1. The molecule has 5 heteroatoms. The van der Waals surface area contributed by atoms with Gasteiger partial charge in [-0.25, -0.2) is 0 Å². The van der Waals surface area contributed by atoms with Crippen LogP contribution < -0.4 is 0 Å². The average molecular weight is 290 g/mol. The fourth-order valence-electron chi connectivity index (χ4n) is 2.46. The molecule has 0 spiro atoms. The van der Waals surface area contributed by atoms with E-state index in [9.17, 15) is 4.79 Å². The maximum absolute atomic E-state index is 12.1. The van der Waals surface area contributed by atoms with Crippen molar-refractivity contribution in [2.75, 3.05) is 26.2 Å². The number of carbonyl (C=O) groups is 1. The number of nitrogens with zero attached hydrogens (tertiary/aromatic N) is 2. The van der Waals surface area contributed by atoms with Crippen LogP contribution in [0.1, 0.15) is 20.3 Å². The lowest BCUT2D eigenvalue weighted by Gasteiger charge is -2.34. The Morgan fingerprint density at radius 3 is 2.65 bits per heavy atom. The van der Waals surface area contributed by atoms with Crippen molar-refractivity contribution in [3.8, 4) is 0 Å². The second-order valence-electron chi connectivity index (χ2n) is 5.06. The number of carbonyl (C=O) groups excluding carboxylic acids is 1. The average Bonchev–Trinajstić information content (AvgIpc) is 3.11. The molecule has 0 bridgehead atoms. The van der Waals surface area contributed by atoms with Gasteiger partial charge in [-0.1, -0.05) is 0 Å². The molecule has 1 aliphatic rings. The molecule has 1 aliphatic heterocycles. The van der Waals surface area contributed by atoms with E-state index in [1.54, 1.807) is 18.4 Å². The molecule has 2 aromatic heterocycles. The summed E-state index contributed by atoms with van der Waals surface area (Å²) in [5.41, 5.74) is 0. The van der Waals surface area contributed by atoms with Crippen LogP contribution in [-0.2, 0) is 6.54 Å². The van der Waals surface area contributed by atoms with Gasteiger partial charge in [-0.3, -0.25) is 9.69 Å². The monoisotopic (exact) mass is 290 g/mol. The molecular formula is C15H18N2O2S. The van der Waals surface area contributed by atoms with E-state index in [2.05, 4.69) is 24.0 Å². The minimum atomic E-state index is 0.00150. The molecule has 0 atom stereocenters. The van der Waals surface area contributed by atoms with Gasteiger partial charge in [0.05, 0.1) is 6.26 Å². The minimum Gasteiger partial charge on any atom is -0.459 e. The highest BCUT2D eigenvalue weighted by Crippen LogP contribution is 2.18. The van der Waals surface area contributed by atoms with Crippen LogP contribution in [0, 0.1) is 6.92 Å². The van der Waals surface area contributed by atoms with Gasteiger partial charge in [-0.2, -0.15) is 0 Å². The largest absolute Gasteiger partial charge is 0.459 e. The van der Waals surface area contributed by atoms with Gasteiger partial charge in [0.1, 0.15) is 0 Å². The van der Waals surface area contributed by atoms with Crippen LogP contribution in [0.25, 0.3) is 0 Å². The van der Waals surface area contributed by atoms with Crippen molar-refractivity contribution in [1.29, 1.82) is 0 Å². The first kappa shape index (κ1) is 13.4. The zero-order valence-corrected chi connectivity index (χ0v) is 12.4. The van der Waals surface area contributed by atoms with Gasteiger partial charge in [0.15, 0.2) is 5.76 Å². The van der Waals surface area contributed by atoms with E-state index < -0.39 is 0 Å². The summed E-state index contributed by atoms with van der Waals surface area (Å²) in [5.74, 6) is 0.439. The highest BCUT2D eigenvalue weighted by molar-refractivity contribution is 7.11. The quantitative estimate of drug-likeness (QED) is 0.872. The van der Waals surface area contributed by atoms with Crippen molar-refractivity contribution in [2.24, 2.45) is 0 Å². The molecule has 20 heavy (non-hydrogen) atoms. The Morgan fingerprint density at radius 2 is 2.05 bits per heavy atom. The maximum atomic E-state index is 12.1. The Kier molecular flexibility index (Phi) is 3.89. The predicted octanol–water partition coefficient (Wildman–Crippen LogP) is 2.61. The van der Waals surface area contributed by atoms with E-state index in [1.165, 1.54) is 9.75 Å². The third kappa shape index (κ3) is 2.94. The Morgan fingerprint density at radius 1 is 1.25 bits per heavy atom.